The maximum absolute atomic E-state index is 12.0. The average molecular weight is 291 g/mol. The lowest BCUT2D eigenvalue weighted by Crippen LogP contribution is -2.40. The second kappa shape index (κ2) is 8.42. The SMILES string of the molecule is CCCNC(=O)c1cccc(NC(=O)C(N)C(C)CC)c1. The molecule has 0 heterocycles. The van der Waals surface area contributed by atoms with Crippen LogP contribution in [0, 0.1) is 5.92 Å². The third kappa shape index (κ3) is 5.19. The first kappa shape index (κ1) is 17.2. The van der Waals surface area contributed by atoms with Crippen molar-refractivity contribution in [1.82, 2.24) is 5.32 Å². The summed E-state index contributed by atoms with van der Waals surface area (Å²) >= 11 is 0. The average Bonchev–Trinajstić information content (AvgIpc) is 2.51. The molecule has 2 atom stereocenters. The Morgan fingerprint density at radius 2 is 2.00 bits per heavy atom. The van der Waals surface area contributed by atoms with Crippen molar-refractivity contribution >= 4 is 17.5 Å². The highest BCUT2D eigenvalue weighted by Gasteiger charge is 2.19. The second-order valence-electron chi connectivity index (χ2n) is 5.24. The van der Waals surface area contributed by atoms with Crippen molar-refractivity contribution in [2.45, 2.75) is 39.7 Å². The van der Waals surface area contributed by atoms with E-state index in [0.717, 1.165) is 12.8 Å². The van der Waals surface area contributed by atoms with Gasteiger partial charge in [0.1, 0.15) is 0 Å². The van der Waals surface area contributed by atoms with Crippen LogP contribution >= 0.6 is 0 Å². The number of rotatable bonds is 7. The summed E-state index contributed by atoms with van der Waals surface area (Å²) in [4.78, 5) is 23.9. The normalized spacial score (nSPS) is 13.3. The van der Waals surface area contributed by atoms with Gasteiger partial charge in [0, 0.05) is 17.8 Å². The van der Waals surface area contributed by atoms with Crippen LogP contribution < -0.4 is 16.4 Å². The predicted molar refractivity (Wildman–Crippen MR) is 85.1 cm³/mol. The molecule has 5 nitrogen and oxygen atoms in total. The Morgan fingerprint density at radius 3 is 2.62 bits per heavy atom. The van der Waals surface area contributed by atoms with Crippen molar-refractivity contribution in [1.29, 1.82) is 0 Å². The Hall–Kier alpha value is -1.88. The molecule has 1 aromatic carbocycles. The molecular formula is C16H25N3O2. The van der Waals surface area contributed by atoms with Crippen molar-refractivity contribution in [3.8, 4) is 0 Å². The number of carbonyl (C=O) groups is 2. The Bertz CT molecular complexity index is 488. The van der Waals surface area contributed by atoms with Gasteiger partial charge < -0.3 is 16.4 Å². The summed E-state index contributed by atoms with van der Waals surface area (Å²) in [6.45, 7) is 6.57. The van der Waals surface area contributed by atoms with Crippen LogP contribution in [-0.4, -0.2) is 24.4 Å². The molecule has 5 heteroatoms. The van der Waals surface area contributed by atoms with E-state index in [1.165, 1.54) is 0 Å². The maximum Gasteiger partial charge on any atom is 0.251 e. The van der Waals surface area contributed by atoms with Crippen molar-refractivity contribution in [3.05, 3.63) is 29.8 Å². The van der Waals surface area contributed by atoms with Crippen LogP contribution in [0.3, 0.4) is 0 Å². The van der Waals surface area contributed by atoms with Crippen molar-refractivity contribution in [2.75, 3.05) is 11.9 Å². The van der Waals surface area contributed by atoms with E-state index < -0.39 is 6.04 Å². The largest absolute Gasteiger partial charge is 0.352 e. The quantitative estimate of drug-likeness (QED) is 0.719. The first-order chi connectivity index (χ1) is 9.99. The first-order valence-corrected chi connectivity index (χ1v) is 7.44. The van der Waals surface area contributed by atoms with E-state index >= 15 is 0 Å². The molecule has 0 aliphatic heterocycles. The number of anilines is 1. The number of benzene rings is 1. The molecular weight excluding hydrogens is 266 g/mol. The summed E-state index contributed by atoms with van der Waals surface area (Å²) in [5.41, 5.74) is 7.00. The minimum absolute atomic E-state index is 0.112. The Kier molecular flexibility index (Phi) is 6.88. The van der Waals surface area contributed by atoms with Crippen LogP contribution in [0.15, 0.2) is 24.3 Å². The minimum Gasteiger partial charge on any atom is -0.352 e. The molecule has 116 valence electrons. The van der Waals surface area contributed by atoms with Crippen LogP contribution in [0.25, 0.3) is 0 Å². The summed E-state index contributed by atoms with van der Waals surface area (Å²) in [6.07, 6.45) is 1.72. The highest BCUT2D eigenvalue weighted by atomic mass is 16.2. The molecule has 0 spiro atoms. The lowest BCUT2D eigenvalue weighted by atomic mass is 9.99. The van der Waals surface area contributed by atoms with Crippen LogP contribution in [0.1, 0.15) is 44.0 Å². The minimum atomic E-state index is -0.549. The molecule has 0 fully saturated rings. The van der Waals surface area contributed by atoms with E-state index in [1.54, 1.807) is 24.3 Å². The van der Waals surface area contributed by atoms with Gasteiger partial charge >= 0.3 is 0 Å². The van der Waals surface area contributed by atoms with Crippen LogP contribution in [0.2, 0.25) is 0 Å². The lowest BCUT2D eigenvalue weighted by Gasteiger charge is -2.18. The Morgan fingerprint density at radius 1 is 1.29 bits per heavy atom. The molecule has 1 aromatic rings. The zero-order valence-electron chi connectivity index (χ0n) is 13.0. The highest BCUT2D eigenvalue weighted by molar-refractivity contribution is 5.98. The molecule has 4 N–H and O–H groups in total. The predicted octanol–water partition coefficient (Wildman–Crippen LogP) is 2.14. The van der Waals surface area contributed by atoms with Crippen molar-refractivity contribution in [3.63, 3.8) is 0 Å². The molecule has 0 bridgehead atoms. The van der Waals surface area contributed by atoms with Gasteiger partial charge in [-0.3, -0.25) is 9.59 Å². The van der Waals surface area contributed by atoms with Gasteiger partial charge in [-0.15, -0.1) is 0 Å². The van der Waals surface area contributed by atoms with Crippen LogP contribution in [-0.2, 0) is 4.79 Å². The topological polar surface area (TPSA) is 84.2 Å². The van der Waals surface area contributed by atoms with Gasteiger partial charge in [-0.05, 0) is 30.5 Å². The maximum atomic E-state index is 12.0. The van der Waals surface area contributed by atoms with E-state index in [0.29, 0.717) is 17.8 Å². The fraction of sp³-hybridized carbons (Fsp3) is 0.500. The van der Waals surface area contributed by atoms with E-state index in [4.69, 9.17) is 5.73 Å². The molecule has 2 amide bonds. The number of amides is 2. The molecule has 0 radical (unpaired) electrons. The summed E-state index contributed by atoms with van der Waals surface area (Å²) in [5, 5.41) is 5.57. The molecule has 0 saturated heterocycles. The van der Waals surface area contributed by atoms with Gasteiger partial charge in [-0.25, -0.2) is 0 Å². The zero-order valence-corrected chi connectivity index (χ0v) is 13.0. The van der Waals surface area contributed by atoms with Gasteiger partial charge in [0.25, 0.3) is 5.91 Å². The zero-order chi connectivity index (χ0) is 15.8. The molecule has 1 rings (SSSR count). The summed E-state index contributed by atoms with van der Waals surface area (Å²) in [7, 11) is 0. The van der Waals surface area contributed by atoms with Gasteiger partial charge in [-0.2, -0.15) is 0 Å². The molecule has 21 heavy (non-hydrogen) atoms. The number of nitrogens with one attached hydrogen (secondary N) is 2. The fourth-order valence-corrected chi connectivity index (χ4v) is 1.82. The van der Waals surface area contributed by atoms with Gasteiger partial charge in [0.2, 0.25) is 5.91 Å². The second-order valence-corrected chi connectivity index (χ2v) is 5.24. The third-order valence-electron chi connectivity index (χ3n) is 3.49. The smallest absolute Gasteiger partial charge is 0.251 e. The third-order valence-corrected chi connectivity index (χ3v) is 3.49. The molecule has 0 aliphatic carbocycles. The summed E-state index contributed by atoms with van der Waals surface area (Å²) in [5.74, 6) is -0.254. The Balaban J connectivity index is 2.72. The first-order valence-electron chi connectivity index (χ1n) is 7.44. The highest BCUT2D eigenvalue weighted by Crippen LogP contribution is 2.13. The number of hydrogen-bond acceptors (Lipinski definition) is 3. The van der Waals surface area contributed by atoms with Crippen LogP contribution in [0.5, 0.6) is 0 Å². The standard InChI is InChI=1S/C16H25N3O2/c1-4-9-18-15(20)12-7-6-8-13(10-12)19-16(21)14(17)11(3)5-2/h6-8,10-11,14H,4-5,9,17H2,1-3H3,(H,18,20)(H,19,21). The molecule has 2 unspecified atom stereocenters. The monoisotopic (exact) mass is 291 g/mol. The van der Waals surface area contributed by atoms with E-state index in [9.17, 15) is 9.59 Å². The van der Waals surface area contributed by atoms with Gasteiger partial charge in [-0.1, -0.05) is 33.3 Å². The molecule has 0 aliphatic rings. The van der Waals surface area contributed by atoms with E-state index in [2.05, 4.69) is 10.6 Å². The number of carbonyl (C=O) groups excluding carboxylic acids is 2. The van der Waals surface area contributed by atoms with E-state index in [1.807, 2.05) is 20.8 Å². The van der Waals surface area contributed by atoms with Crippen molar-refractivity contribution in [2.24, 2.45) is 11.7 Å². The van der Waals surface area contributed by atoms with Gasteiger partial charge in [0.15, 0.2) is 0 Å². The summed E-state index contributed by atoms with van der Waals surface area (Å²) in [6, 6.07) is 6.32. The summed E-state index contributed by atoms with van der Waals surface area (Å²) < 4.78 is 0. The van der Waals surface area contributed by atoms with E-state index in [-0.39, 0.29) is 17.7 Å². The van der Waals surface area contributed by atoms with Gasteiger partial charge in [0.05, 0.1) is 6.04 Å². The molecule has 0 aromatic heterocycles. The number of hydrogen-bond donors (Lipinski definition) is 3. The fourth-order valence-electron chi connectivity index (χ4n) is 1.82. The van der Waals surface area contributed by atoms with Crippen LogP contribution in [0.4, 0.5) is 5.69 Å². The molecule has 0 saturated carbocycles. The number of nitrogens with two attached hydrogens (primary N) is 1. The van der Waals surface area contributed by atoms with Crippen molar-refractivity contribution < 1.29 is 9.59 Å². The lowest BCUT2D eigenvalue weighted by molar-refractivity contribution is -0.118. The Labute approximate surface area is 126 Å².